The number of unbranched alkanes of at least 4 members (excludes halogenated alkanes) is 1. The molecule has 5 heteroatoms. The molecule has 132 valence electrons. The summed E-state index contributed by atoms with van der Waals surface area (Å²) in [6.07, 6.45) is 3.97. The Balaban J connectivity index is 2.02. The molecule has 3 rings (SSSR count). The number of carbonyl (C=O) groups is 2. The lowest BCUT2D eigenvalue weighted by Crippen LogP contribution is -2.15. The van der Waals surface area contributed by atoms with Gasteiger partial charge in [-0.05, 0) is 42.9 Å². The molecule has 1 amide bonds. The summed E-state index contributed by atoms with van der Waals surface area (Å²) in [5, 5.41) is 3.58. The van der Waals surface area contributed by atoms with Crippen LogP contribution < -0.4 is 5.32 Å². The highest BCUT2D eigenvalue weighted by molar-refractivity contribution is 7.20. The Morgan fingerprint density at radius 3 is 2.76 bits per heavy atom. The number of nitrogens with one attached hydrogen (secondary N) is 1. The van der Waals surface area contributed by atoms with E-state index in [4.69, 9.17) is 4.74 Å². The van der Waals surface area contributed by atoms with E-state index in [0.717, 1.165) is 41.7 Å². The highest BCUT2D eigenvalue weighted by atomic mass is 32.1. The van der Waals surface area contributed by atoms with Crippen molar-refractivity contribution in [2.75, 3.05) is 11.9 Å². The van der Waals surface area contributed by atoms with Crippen LogP contribution >= 0.6 is 11.3 Å². The van der Waals surface area contributed by atoms with Gasteiger partial charge in [0.25, 0.3) is 0 Å². The van der Waals surface area contributed by atoms with Crippen molar-refractivity contribution in [3.8, 4) is 10.4 Å². The molecule has 0 fully saturated rings. The monoisotopic (exact) mass is 357 g/mol. The highest BCUT2D eigenvalue weighted by Gasteiger charge is 2.29. The highest BCUT2D eigenvalue weighted by Crippen LogP contribution is 2.45. The molecule has 1 heterocycles. The number of hydrogen-bond donors (Lipinski definition) is 1. The van der Waals surface area contributed by atoms with Crippen molar-refractivity contribution in [2.24, 2.45) is 0 Å². The maximum Gasteiger partial charge on any atom is 0.341 e. The molecular formula is C20H23NO3S. The van der Waals surface area contributed by atoms with Crippen LogP contribution in [0.2, 0.25) is 0 Å². The molecule has 0 unspecified atom stereocenters. The predicted octanol–water partition coefficient (Wildman–Crippen LogP) is 4.82. The fourth-order valence-electron chi connectivity index (χ4n) is 3.17. The average molecular weight is 357 g/mol. The van der Waals surface area contributed by atoms with E-state index < -0.39 is 0 Å². The predicted molar refractivity (Wildman–Crippen MR) is 101 cm³/mol. The molecule has 2 aromatic rings. The van der Waals surface area contributed by atoms with Gasteiger partial charge < -0.3 is 10.1 Å². The maximum absolute atomic E-state index is 12.5. The van der Waals surface area contributed by atoms with Crippen LogP contribution in [0.3, 0.4) is 0 Å². The lowest BCUT2D eigenvalue weighted by Gasteiger charge is -2.16. The van der Waals surface area contributed by atoms with E-state index >= 15 is 0 Å². The zero-order valence-electron chi connectivity index (χ0n) is 14.7. The molecule has 0 atom stereocenters. The molecule has 0 spiro atoms. The van der Waals surface area contributed by atoms with Gasteiger partial charge in [-0.25, -0.2) is 4.79 Å². The Morgan fingerprint density at radius 1 is 1.20 bits per heavy atom. The van der Waals surface area contributed by atoms with E-state index in [2.05, 4.69) is 24.4 Å². The number of rotatable bonds is 6. The minimum absolute atomic E-state index is 0.0423. The molecule has 1 aliphatic rings. The van der Waals surface area contributed by atoms with Gasteiger partial charge in [-0.1, -0.05) is 37.6 Å². The van der Waals surface area contributed by atoms with Crippen LogP contribution in [-0.2, 0) is 22.4 Å². The maximum atomic E-state index is 12.5. The normalized spacial score (nSPS) is 12.2. The molecule has 1 aromatic carbocycles. The number of esters is 1. The fraction of sp³-hybridized carbons (Fsp3) is 0.400. The molecule has 0 saturated carbocycles. The summed E-state index contributed by atoms with van der Waals surface area (Å²) >= 11 is 1.49. The Bertz CT molecular complexity index is 794. The number of carbonyl (C=O) groups excluding carboxylic acids is 2. The molecule has 1 N–H and O–H groups in total. The van der Waals surface area contributed by atoms with Crippen molar-refractivity contribution in [2.45, 2.75) is 46.0 Å². The third kappa shape index (κ3) is 3.61. The van der Waals surface area contributed by atoms with Gasteiger partial charge in [0.05, 0.1) is 12.2 Å². The van der Waals surface area contributed by atoms with Crippen molar-refractivity contribution >= 4 is 28.2 Å². The second-order valence-electron chi connectivity index (χ2n) is 6.14. The first-order chi connectivity index (χ1) is 12.2. The molecule has 1 aromatic heterocycles. The van der Waals surface area contributed by atoms with Gasteiger partial charge in [-0.3, -0.25) is 4.79 Å². The van der Waals surface area contributed by atoms with Gasteiger partial charge in [-0.15, -0.1) is 11.3 Å². The Labute approximate surface area is 152 Å². The number of amides is 1. The van der Waals surface area contributed by atoms with Crippen LogP contribution in [0.4, 0.5) is 5.00 Å². The first-order valence-corrected chi connectivity index (χ1v) is 9.68. The van der Waals surface area contributed by atoms with Gasteiger partial charge in [0.2, 0.25) is 5.91 Å². The van der Waals surface area contributed by atoms with Crippen molar-refractivity contribution in [3.05, 3.63) is 41.0 Å². The molecule has 0 radical (unpaired) electrons. The number of ether oxygens (including phenoxy) is 1. The number of fused-ring (bicyclic) bond motifs is 3. The summed E-state index contributed by atoms with van der Waals surface area (Å²) in [5.74, 6) is -0.385. The lowest BCUT2D eigenvalue weighted by atomic mass is 9.89. The summed E-state index contributed by atoms with van der Waals surface area (Å²) in [7, 11) is 0. The van der Waals surface area contributed by atoms with E-state index in [1.807, 2.05) is 12.1 Å². The average Bonchev–Trinajstić information content (AvgIpc) is 2.98. The Morgan fingerprint density at radius 2 is 2.00 bits per heavy atom. The van der Waals surface area contributed by atoms with E-state index in [1.54, 1.807) is 6.92 Å². The second kappa shape index (κ2) is 7.83. The molecule has 4 nitrogen and oxygen atoms in total. The number of thiophene rings is 1. The fourth-order valence-corrected chi connectivity index (χ4v) is 4.49. The minimum Gasteiger partial charge on any atom is -0.462 e. The quantitative estimate of drug-likeness (QED) is 0.754. The zero-order valence-corrected chi connectivity index (χ0v) is 15.5. The first kappa shape index (κ1) is 17.7. The smallest absolute Gasteiger partial charge is 0.341 e. The standard InChI is InChI=1S/C20H23NO3S/c1-3-5-10-16(22)21-19-17(20(23)24-4-2)15-12-11-13-8-6-7-9-14(13)18(15)25-19/h6-9H,3-5,10-12H2,1-2H3,(H,21,22). The van der Waals surface area contributed by atoms with E-state index in [0.29, 0.717) is 23.6 Å². The van der Waals surface area contributed by atoms with Crippen LogP contribution in [0.5, 0.6) is 0 Å². The number of benzene rings is 1. The minimum atomic E-state index is -0.342. The largest absolute Gasteiger partial charge is 0.462 e. The van der Waals surface area contributed by atoms with Crippen molar-refractivity contribution < 1.29 is 14.3 Å². The molecule has 25 heavy (non-hydrogen) atoms. The SMILES string of the molecule is CCCCC(=O)Nc1sc2c(c1C(=O)OCC)CCc1ccccc1-2. The van der Waals surface area contributed by atoms with Crippen molar-refractivity contribution in [1.29, 1.82) is 0 Å². The van der Waals surface area contributed by atoms with Crippen LogP contribution in [-0.4, -0.2) is 18.5 Å². The van der Waals surface area contributed by atoms with Crippen LogP contribution in [0.15, 0.2) is 24.3 Å². The zero-order chi connectivity index (χ0) is 17.8. The van der Waals surface area contributed by atoms with E-state index in [1.165, 1.54) is 16.9 Å². The number of anilines is 1. The summed E-state index contributed by atoms with van der Waals surface area (Å²) in [4.78, 5) is 25.8. The van der Waals surface area contributed by atoms with E-state index in [-0.39, 0.29) is 11.9 Å². The Kier molecular flexibility index (Phi) is 5.53. The summed E-state index contributed by atoms with van der Waals surface area (Å²) in [6.45, 7) is 4.17. The number of hydrogen-bond acceptors (Lipinski definition) is 4. The third-order valence-corrected chi connectivity index (χ3v) is 5.58. The van der Waals surface area contributed by atoms with E-state index in [9.17, 15) is 9.59 Å². The second-order valence-corrected chi connectivity index (χ2v) is 7.16. The summed E-state index contributed by atoms with van der Waals surface area (Å²) in [6, 6.07) is 8.26. The third-order valence-electron chi connectivity index (χ3n) is 4.40. The molecular weight excluding hydrogens is 334 g/mol. The topological polar surface area (TPSA) is 55.4 Å². The van der Waals surface area contributed by atoms with Crippen LogP contribution in [0.1, 0.15) is 54.6 Å². The molecule has 0 bridgehead atoms. The number of aryl methyl sites for hydroxylation is 1. The lowest BCUT2D eigenvalue weighted by molar-refractivity contribution is -0.116. The first-order valence-electron chi connectivity index (χ1n) is 8.86. The van der Waals surface area contributed by atoms with Gasteiger partial charge >= 0.3 is 5.97 Å². The van der Waals surface area contributed by atoms with Gasteiger partial charge in [0.1, 0.15) is 5.00 Å². The summed E-state index contributed by atoms with van der Waals surface area (Å²) < 4.78 is 5.26. The molecule has 0 aliphatic heterocycles. The molecule has 0 saturated heterocycles. The van der Waals surface area contributed by atoms with Gasteiger partial charge in [-0.2, -0.15) is 0 Å². The van der Waals surface area contributed by atoms with Crippen LogP contribution in [0, 0.1) is 0 Å². The van der Waals surface area contributed by atoms with Gasteiger partial charge in [0.15, 0.2) is 0 Å². The van der Waals surface area contributed by atoms with Crippen molar-refractivity contribution in [1.82, 2.24) is 0 Å². The van der Waals surface area contributed by atoms with Crippen LogP contribution in [0.25, 0.3) is 10.4 Å². The van der Waals surface area contributed by atoms with Gasteiger partial charge in [0, 0.05) is 11.3 Å². The summed E-state index contributed by atoms with van der Waals surface area (Å²) in [5.41, 5.74) is 4.00. The van der Waals surface area contributed by atoms with Crippen molar-refractivity contribution in [3.63, 3.8) is 0 Å². The molecule has 1 aliphatic carbocycles. The Hall–Kier alpha value is -2.14.